The smallest absolute Gasteiger partial charge is 0.300 e. The van der Waals surface area contributed by atoms with Crippen LogP contribution < -0.4 is 0 Å². The summed E-state index contributed by atoms with van der Waals surface area (Å²) in [6, 6.07) is 0. The molecule has 1 N–H and O–H groups in total. The van der Waals surface area contributed by atoms with Gasteiger partial charge in [0.15, 0.2) is 0 Å². The molecular weight excluding hydrogens is 254 g/mol. The number of carbonyl (C=O) groups is 1. The zero-order chi connectivity index (χ0) is 3.58. The van der Waals surface area contributed by atoms with E-state index in [1.54, 1.807) is 0 Å². The number of rotatable bonds is 0. The van der Waals surface area contributed by atoms with Gasteiger partial charge in [-0.2, -0.15) is 0 Å². The van der Waals surface area contributed by atoms with E-state index in [2.05, 4.69) is 0 Å². The first-order valence-electron chi connectivity index (χ1n) is 0.928. The molecule has 6 heavy (non-hydrogen) atoms. The van der Waals surface area contributed by atoms with Gasteiger partial charge in [-0.1, -0.05) is 0 Å². The molecule has 0 spiro atoms. The molecule has 0 aromatic rings. The van der Waals surface area contributed by atoms with Crippen LogP contribution in [0.5, 0.6) is 0 Å². The summed E-state index contributed by atoms with van der Waals surface area (Å²) in [5.41, 5.74) is 0. The fourth-order valence-electron chi connectivity index (χ4n) is 0. The number of carboxylic acids is 1. The molecule has 2 radical (unpaired) electrons. The van der Waals surface area contributed by atoms with Crippen LogP contribution in [-0.4, -0.2) is 11.1 Å². The summed E-state index contributed by atoms with van der Waals surface area (Å²) in [4.78, 5) is 9.00. The van der Waals surface area contributed by atoms with Gasteiger partial charge in [0.1, 0.15) is 0 Å². The predicted molar refractivity (Wildman–Crippen MR) is 13.3 cm³/mol. The van der Waals surface area contributed by atoms with Crippen molar-refractivity contribution in [1.29, 1.82) is 0 Å². The van der Waals surface area contributed by atoms with E-state index >= 15 is 0 Å². The second-order valence-electron chi connectivity index (χ2n) is 0.519. The van der Waals surface area contributed by atoms with Crippen molar-refractivity contribution in [3.05, 3.63) is 0 Å². The van der Waals surface area contributed by atoms with Gasteiger partial charge >= 0.3 is 0 Å². The first-order chi connectivity index (χ1) is 1.73. The van der Waals surface area contributed by atoms with Crippen molar-refractivity contribution in [2.75, 3.05) is 0 Å². The Morgan fingerprint density at radius 2 is 1.67 bits per heavy atom. The van der Waals surface area contributed by atoms with Gasteiger partial charge in [0.25, 0.3) is 5.97 Å². The molecular formula is C2H4CoLaO2. The van der Waals surface area contributed by atoms with E-state index in [1.807, 2.05) is 0 Å². The van der Waals surface area contributed by atoms with Crippen LogP contribution in [0.15, 0.2) is 0 Å². The molecule has 0 aliphatic rings. The standard InChI is InChI=1S/C2H4O2.Co.La/c1-2(3)4;;/h1H3,(H,3,4);;. The van der Waals surface area contributed by atoms with E-state index in [-0.39, 0.29) is 52.4 Å². The minimum Gasteiger partial charge on any atom is -0.481 e. The van der Waals surface area contributed by atoms with Gasteiger partial charge in [-0.15, -0.1) is 0 Å². The number of hydrogen-bond donors (Lipinski definition) is 1. The zero-order valence-electron chi connectivity index (χ0n) is 3.27. The fraction of sp³-hybridized carbons (Fsp3) is 0.500. The molecule has 0 amide bonds. The van der Waals surface area contributed by atoms with Crippen LogP contribution in [0.25, 0.3) is 0 Å². The quantitative estimate of drug-likeness (QED) is 0.668. The van der Waals surface area contributed by atoms with Crippen LogP contribution in [0, 0.1) is 35.6 Å². The molecule has 0 aromatic heterocycles. The van der Waals surface area contributed by atoms with E-state index in [1.165, 1.54) is 0 Å². The number of hydrogen-bond acceptors (Lipinski definition) is 1. The Bertz CT molecular complexity index is 34.5. The van der Waals surface area contributed by atoms with Crippen LogP contribution in [0.1, 0.15) is 6.92 Å². The van der Waals surface area contributed by atoms with Crippen LogP contribution >= 0.6 is 0 Å². The third kappa shape index (κ3) is 65.6. The van der Waals surface area contributed by atoms with Crippen LogP contribution in [0.3, 0.4) is 0 Å². The van der Waals surface area contributed by atoms with Crippen molar-refractivity contribution in [3.63, 3.8) is 0 Å². The number of carboxylic acid groups (broad SMARTS) is 1. The second kappa shape index (κ2) is 9.48. The predicted octanol–water partition coefficient (Wildman–Crippen LogP) is 0.0884. The molecule has 2 nitrogen and oxygen atoms in total. The van der Waals surface area contributed by atoms with Gasteiger partial charge < -0.3 is 5.11 Å². The molecule has 0 aromatic carbocycles. The first-order valence-corrected chi connectivity index (χ1v) is 0.928. The maximum Gasteiger partial charge on any atom is 0.300 e. The van der Waals surface area contributed by atoms with Crippen molar-refractivity contribution in [1.82, 2.24) is 0 Å². The molecule has 0 saturated heterocycles. The molecule has 0 fully saturated rings. The van der Waals surface area contributed by atoms with Gasteiger partial charge in [-0.3, -0.25) is 4.79 Å². The summed E-state index contributed by atoms with van der Waals surface area (Å²) in [7, 11) is 0. The third-order valence-electron chi connectivity index (χ3n) is 0. The molecule has 0 rings (SSSR count). The summed E-state index contributed by atoms with van der Waals surface area (Å²) in [6.07, 6.45) is 0. The average Bonchev–Trinajstić information content (AvgIpc) is 0.811. The van der Waals surface area contributed by atoms with Crippen LogP contribution in [-0.2, 0) is 21.6 Å². The molecule has 0 heterocycles. The topological polar surface area (TPSA) is 37.3 Å². The SMILES string of the molecule is CC(=O)O.[Co].[La]. The largest absolute Gasteiger partial charge is 0.481 e. The van der Waals surface area contributed by atoms with Crippen LogP contribution in [0.2, 0.25) is 0 Å². The van der Waals surface area contributed by atoms with E-state index in [0.717, 1.165) is 6.92 Å². The molecule has 0 unspecified atom stereocenters. The van der Waals surface area contributed by atoms with E-state index in [9.17, 15) is 0 Å². The third-order valence-corrected chi connectivity index (χ3v) is 0. The van der Waals surface area contributed by atoms with Gasteiger partial charge in [0.2, 0.25) is 0 Å². The molecule has 0 atom stereocenters. The minimum atomic E-state index is -0.833. The monoisotopic (exact) mass is 258 g/mol. The molecule has 0 aliphatic carbocycles. The molecule has 0 aliphatic heterocycles. The summed E-state index contributed by atoms with van der Waals surface area (Å²) >= 11 is 0. The van der Waals surface area contributed by atoms with Crippen molar-refractivity contribution in [2.24, 2.45) is 0 Å². The maximum absolute atomic E-state index is 9.00. The van der Waals surface area contributed by atoms with E-state index in [0.29, 0.717) is 0 Å². The van der Waals surface area contributed by atoms with Gasteiger partial charge in [0, 0.05) is 59.3 Å². The van der Waals surface area contributed by atoms with E-state index in [4.69, 9.17) is 9.90 Å². The Morgan fingerprint density at radius 3 is 1.67 bits per heavy atom. The normalized spacial score (nSPS) is 4.17. The summed E-state index contributed by atoms with van der Waals surface area (Å²) in [5, 5.41) is 7.42. The summed E-state index contributed by atoms with van der Waals surface area (Å²) in [5.74, 6) is -0.833. The molecule has 36 valence electrons. The Hall–Kier alpha value is 1.17. The molecule has 4 heteroatoms. The van der Waals surface area contributed by atoms with E-state index < -0.39 is 5.97 Å². The Labute approximate surface area is 74.5 Å². The Balaban J connectivity index is -0.0000000450. The maximum atomic E-state index is 9.00. The van der Waals surface area contributed by atoms with Crippen molar-refractivity contribution in [2.45, 2.75) is 6.92 Å². The average molecular weight is 258 g/mol. The molecule has 0 saturated carbocycles. The second-order valence-corrected chi connectivity index (χ2v) is 0.519. The van der Waals surface area contributed by atoms with Gasteiger partial charge in [-0.05, 0) is 0 Å². The molecule has 0 bridgehead atoms. The van der Waals surface area contributed by atoms with Crippen molar-refractivity contribution < 1.29 is 62.3 Å². The summed E-state index contributed by atoms with van der Waals surface area (Å²) < 4.78 is 0. The fourth-order valence-corrected chi connectivity index (χ4v) is 0. The first kappa shape index (κ1) is 15.7. The Morgan fingerprint density at radius 1 is 1.67 bits per heavy atom. The Kier molecular flexibility index (Phi) is 24.8. The zero-order valence-corrected chi connectivity index (χ0v) is 7.93. The van der Waals surface area contributed by atoms with Crippen LogP contribution in [0.4, 0.5) is 0 Å². The minimum absolute atomic E-state index is 0. The summed E-state index contributed by atoms with van der Waals surface area (Å²) in [6.45, 7) is 1.08. The van der Waals surface area contributed by atoms with Gasteiger partial charge in [0.05, 0.1) is 0 Å². The van der Waals surface area contributed by atoms with Crippen molar-refractivity contribution in [3.8, 4) is 0 Å². The van der Waals surface area contributed by atoms with Gasteiger partial charge in [-0.25, -0.2) is 0 Å². The van der Waals surface area contributed by atoms with Crippen molar-refractivity contribution >= 4 is 5.97 Å². The number of aliphatic carboxylic acids is 1.